The fourth-order valence-corrected chi connectivity index (χ4v) is 3.89. The molecule has 2 aromatic carbocycles. The van der Waals surface area contributed by atoms with Gasteiger partial charge in [-0.1, -0.05) is 36.4 Å². The number of nitrogens with zero attached hydrogens (tertiary/aromatic N) is 1. The van der Waals surface area contributed by atoms with Crippen LogP contribution in [0.15, 0.2) is 54.6 Å². The van der Waals surface area contributed by atoms with Gasteiger partial charge in [0, 0.05) is 6.54 Å². The summed E-state index contributed by atoms with van der Waals surface area (Å²) in [4.78, 5) is 12.4. The standard InChI is InChI=1S/C19H23FN2O3S/c1-15(19(23)21-13-7-10-16-8-4-3-5-9-16)22(26(2,24)25)18-12-6-11-17(20)14-18/h3-6,8-9,11-12,14-15H,7,10,13H2,1-2H3,(H,21,23)/t15-/m1/s1. The van der Waals surface area contributed by atoms with Crippen LogP contribution in [-0.2, 0) is 21.2 Å². The zero-order chi connectivity index (χ0) is 19.2. The number of rotatable bonds is 8. The van der Waals surface area contributed by atoms with Gasteiger partial charge in [0.15, 0.2) is 0 Å². The summed E-state index contributed by atoms with van der Waals surface area (Å²) in [5.74, 6) is -0.987. The lowest BCUT2D eigenvalue weighted by atomic mass is 10.1. The second kappa shape index (κ2) is 8.80. The fraction of sp³-hybridized carbons (Fsp3) is 0.316. The summed E-state index contributed by atoms with van der Waals surface area (Å²) >= 11 is 0. The quantitative estimate of drug-likeness (QED) is 0.719. The van der Waals surface area contributed by atoms with E-state index in [4.69, 9.17) is 0 Å². The molecule has 1 atom stereocenters. The van der Waals surface area contributed by atoms with Gasteiger partial charge in [0.25, 0.3) is 0 Å². The molecular weight excluding hydrogens is 355 g/mol. The third-order valence-corrected chi connectivity index (χ3v) is 5.18. The average molecular weight is 378 g/mol. The average Bonchev–Trinajstić information content (AvgIpc) is 2.58. The number of halogens is 1. The van der Waals surface area contributed by atoms with Crippen LogP contribution in [0.5, 0.6) is 0 Å². The molecule has 0 saturated carbocycles. The van der Waals surface area contributed by atoms with Crippen molar-refractivity contribution in [2.24, 2.45) is 0 Å². The Hall–Kier alpha value is -2.41. The van der Waals surface area contributed by atoms with Crippen LogP contribution in [0.25, 0.3) is 0 Å². The van der Waals surface area contributed by atoms with Crippen molar-refractivity contribution < 1.29 is 17.6 Å². The van der Waals surface area contributed by atoms with E-state index in [1.165, 1.54) is 30.7 Å². The number of carbonyl (C=O) groups is 1. The molecule has 0 aromatic heterocycles. The number of aryl methyl sites for hydroxylation is 1. The Labute approximate surface area is 153 Å². The van der Waals surface area contributed by atoms with Crippen molar-refractivity contribution in [3.63, 3.8) is 0 Å². The molecule has 26 heavy (non-hydrogen) atoms. The van der Waals surface area contributed by atoms with Gasteiger partial charge in [0.05, 0.1) is 11.9 Å². The van der Waals surface area contributed by atoms with E-state index in [2.05, 4.69) is 5.32 Å². The summed E-state index contributed by atoms with van der Waals surface area (Å²) in [6.45, 7) is 1.91. The molecule has 2 rings (SSSR count). The second-order valence-electron chi connectivity index (χ2n) is 6.09. The summed E-state index contributed by atoms with van der Waals surface area (Å²) < 4.78 is 38.7. The molecule has 0 aliphatic carbocycles. The highest BCUT2D eigenvalue weighted by molar-refractivity contribution is 7.92. The third kappa shape index (κ3) is 5.56. The number of nitrogens with one attached hydrogen (secondary N) is 1. The minimum Gasteiger partial charge on any atom is -0.354 e. The second-order valence-corrected chi connectivity index (χ2v) is 7.95. The molecule has 7 heteroatoms. The van der Waals surface area contributed by atoms with E-state index in [9.17, 15) is 17.6 Å². The predicted molar refractivity (Wildman–Crippen MR) is 101 cm³/mol. The molecule has 2 aromatic rings. The van der Waals surface area contributed by atoms with Crippen LogP contribution in [0.4, 0.5) is 10.1 Å². The predicted octanol–water partition coefficient (Wildman–Crippen LogP) is 2.73. The summed E-state index contributed by atoms with van der Waals surface area (Å²) in [6.07, 6.45) is 2.55. The minimum atomic E-state index is -3.75. The number of sulfonamides is 1. The van der Waals surface area contributed by atoms with Gasteiger partial charge in [-0.25, -0.2) is 12.8 Å². The van der Waals surface area contributed by atoms with E-state index >= 15 is 0 Å². The largest absolute Gasteiger partial charge is 0.354 e. The van der Waals surface area contributed by atoms with Gasteiger partial charge in [0.1, 0.15) is 11.9 Å². The summed E-state index contributed by atoms with van der Waals surface area (Å²) in [7, 11) is -3.75. The first-order chi connectivity index (χ1) is 12.3. The number of hydrogen-bond acceptors (Lipinski definition) is 3. The van der Waals surface area contributed by atoms with E-state index in [0.29, 0.717) is 6.54 Å². The van der Waals surface area contributed by atoms with Gasteiger partial charge in [-0.05, 0) is 43.5 Å². The monoisotopic (exact) mass is 378 g/mol. The maximum absolute atomic E-state index is 13.5. The zero-order valence-electron chi connectivity index (χ0n) is 14.9. The van der Waals surface area contributed by atoms with Crippen molar-refractivity contribution in [2.75, 3.05) is 17.1 Å². The number of carbonyl (C=O) groups excluding carboxylic acids is 1. The molecule has 0 heterocycles. The number of anilines is 1. The Morgan fingerprint density at radius 1 is 1.15 bits per heavy atom. The topological polar surface area (TPSA) is 66.5 Å². The van der Waals surface area contributed by atoms with E-state index in [-0.39, 0.29) is 5.69 Å². The van der Waals surface area contributed by atoms with Crippen LogP contribution in [0.1, 0.15) is 18.9 Å². The molecule has 5 nitrogen and oxygen atoms in total. The van der Waals surface area contributed by atoms with Crippen molar-refractivity contribution in [3.05, 3.63) is 66.0 Å². The normalized spacial score (nSPS) is 12.4. The van der Waals surface area contributed by atoms with Crippen molar-refractivity contribution in [2.45, 2.75) is 25.8 Å². The number of benzene rings is 2. The first-order valence-electron chi connectivity index (χ1n) is 8.35. The van der Waals surface area contributed by atoms with Crippen molar-refractivity contribution in [1.82, 2.24) is 5.32 Å². The lowest BCUT2D eigenvalue weighted by molar-refractivity contribution is -0.121. The van der Waals surface area contributed by atoms with Crippen molar-refractivity contribution >= 4 is 21.6 Å². The van der Waals surface area contributed by atoms with Gasteiger partial charge >= 0.3 is 0 Å². The van der Waals surface area contributed by atoms with E-state index < -0.39 is 27.8 Å². The molecule has 1 amide bonds. The van der Waals surface area contributed by atoms with E-state index in [1.807, 2.05) is 30.3 Å². The minimum absolute atomic E-state index is 0.124. The zero-order valence-corrected chi connectivity index (χ0v) is 15.7. The molecule has 0 unspecified atom stereocenters. The Morgan fingerprint density at radius 3 is 2.46 bits per heavy atom. The highest BCUT2D eigenvalue weighted by Gasteiger charge is 2.29. The fourth-order valence-electron chi connectivity index (χ4n) is 2.72. The molecule has 140 valence electrons. The molecule has 0 fully saturated rings. The first kappa shape index (κ1) is 19.9. The van der Waals surface area contributed by atoms with Crippen molar-refractivity contribution in [3.8, 4) is 0 Å². The number of amides is 1. The van der Waals surface area contributed by atoms with Crippen LogP contribution in [-0.4, -0.2) is 33.2 Å². The number of hydrogen-bond donors (Lipinski definition) is 1. The van der Waals surface area contributed by atoms with Gasteiger partial charge in [-0.3, -0.25) is 9.10 Å². The van der Waals surface area contributed by atoms with E-state index in [1.54, 1.807) is 0 Å². The lowest BCUT2D eigenvalue weighted by Gasteiger charge is -2.28. The first-order valence-corrected chi connectivity index (χ1v) is 10.2. The van der Waals surface area contributed by atoms with Crippen LogP contribution in [0.2, 0.25) is 0 Å². The lowest BCUT2D eigenvalue weighted by Crippen LogP contribution is -2.48. The molecular formula is C19H23FN2O3S. The van der Waals surface area contributed by atoms with Gasteiger partial charge in [0.2, 0.25) is 15.9 Å². The Morgan fingerprint density at radius 2 is 1.85 bits per heavy atom. The van der Waals surface area contributed by atoms with Crippen LogP contribution >= 0.6 is 0 Å². The maximum Gasteiger partial charge on any atom is 0.243 e. The van der Waals surface area contributed by atoms with Gasteiger partial charge < -0.3 is 5.32 Å². The van der Waals surface area contributed by atoms with Crippen LogP contribution in [0.3, 0.4) is 0 Å². The van der Waals surface area contributed by atoms with Gasteiger partial charge in [-0.2, -0.15) is 0 Å². The molecule has 0 aliphatic heterocycles. The molecule has 0 aliphatic rings. The summed E-state index contributed by atoms with van der Waals surface area (Å²) in [5.41, 5.74) is 1.30. The molecule has 0 radical (unpaired) electrons. The highest BCUT2D eigenvalue weighted by Crippen LogP contribution is 2.21. The SMILES string of the molecule is C[C@H](C(=O)NCCCc1ccccc1)N(c1cccc(F)c1)S(C)(=O)=O. The summed E-state index contributed by atoms with van der Waals surface area (Å²) in [5, 5.41) is 2.75. The van der Waals surface area contributed by atoms with Gasteiger partial charge in [-0.15, -0.1) is 0 Å². The Bertz CT molecular complexity index is 841. The molecule has 1 N–H and O–H groups in total. The third-order valence-electron chi connectivity index (χ3n) is 3.94. The Balaban J connectivity index is 1.99. The smallest absolute Gasteiger partial charge is 0.243 e. The highest BCUT2D eigenvalue weighted by atomic mass is 32.2. The van der Waals surface area contributed by atoms with Crippen molar-refractivity contribution in [1.29, 1.82) is 0 Å². The summed E-state index contributed by atoms with van der Waals surface area (Å²) in [6, 6.07) is 14.1. The molecule has 0 spiro atoms. The van der Waals surface area contributed by atoms with E-state index in [0.717, 1.165) is 29.5 Å². The van der Waals surface area contributed by atoms with Crippen LogP contribution < -0.4 is 9.62 Å². The molecule has 0 saturated heterocycles. The molecule has 0 bridgehead atoms. The van der Waals surface area contributed by atoms with Crippen LogP contribution in [0, 0.1) is 5.82 Å². The maximum atomic E-state index is 13.5. The Kier molecular flexibility index (Phi) is 6.74.